The van der Waals surface area contributed by atoms with Crippen LogP contribution in [0.4, 0.5) is 10.7 Å². The van der Waals surface area contributed by atoms with E-state index in [9.17, 15) is 14.4 Å². The number of nitrogens with one attached hydrogen (secondary N) is 2. The van der Waals surface area contributed by atoms with Crippen molar-refractivity contribution >= 4 is 51.4 Å². The molecule has 0 fully saturated rings. The highest BCUT2D eigenvalue weighted by Gasteiger charge is 2.27. The first-order valence-corrected chi connectivity index (χ1v) is 13.4. The summed E-state index contributed by atoms with van der Waals surface area (Å²) in [5.41, 5.74) is 3.38. The summed E-state index contributed by atoms with van der Waals surface area (Å²) in [6, 6.07) is 11.8. The standard InChI is InChI=1S/C28H29ClN2O5S/c1-4-35-28(34)24-21-7-5-6-8-23(21)37-27(24)31-26(33)18-10-13-20(14-11-18)36-17(3)25(32)30-19-12-9-16(2)22(29)15-19/h9-15,17H,4-8H2,1-3H3,(H,30,32)(H,31,33)/t17-/m0/s1. The molecule has 0 spiro atoms. The van der Waals surface area contributed by atoms with Gasteiger partial charge in [0.05, 0.1) is 12.2 Å². The first-order chi connectivity index (χ1) is 17.8. The molecule has 0 aliphatic heterocycles. The van der Waals surface area contributed by atoms with Gasteiger partial charge >= 0.3 is 5.97 Å². The molecule has 2 aromatic carbocycles. The van der Waals surface area contributed by atoms with Crippen LogP contribution in [0.5, 0.6) is 5.75 Å². The van der Waals surface area contributed by atoms with Gasteiger partial charge in [0.25, 0.3) is 11.8 Å². The van der Waals surface area contributed by atoms with Gasteiger partial charge in [-0.05, 0) is 94.0 Å². The first kappa shape index (κ1) is 26.7. The second kappa shape index (κ2) is 11.8. The molecule has 0 unspecified atom stereocenters. The molecule has 9 heteroatoms. The maximum Gasteiger partial charge on any atom is 0.341 e. The highest BCUT2D eigenvalue weighted by atomic mass is 35.5. The Hall–Kier alpha value is -3.36. The summed E-state index contributed by atoms with van der Waals surface area (Å²) in [4.78, 5) is 39.3. The Balaban J connectivity index is 1.41. The van der Waals surface area contributed by atoms with Gasteiger partial charge in [0.1, 0.15) is 10.8 Å². The zero-order chi connectivity index (χ0) is 26.5. The largest absolute Gasteiger partial charge is 0.481 e. The lowest BCUT2D eigenvalue weighted by Gasteiger charge is -2.15. The highest BCUT2D eigenvalue weighted by Crippen LogP contribution is 2.39. The minimum absolute atomic E-state index is 0.271. The van der Waals surface area contributed by atoms with E-state index < -0.39 is 12.1 Å². The predicted octanol–water partition coefficient (Wildman–Crippen LogP) is 6.42. The molecule has 0 saturated heterocycles. The van der Waals surface area contributed by atoms with Gasteiger partial charge in [-0.2, -0.15) is 0 Å². The van der Waals surface area contributed by atoms with Crippen LogP contribution in [0.3, 0.4) is 0 Å². The summed E-state index contributed by atoms with van der Waals surface area (Å²) in [5.74, 6) is -0.617. The van der Waals surface area contributed by atoms with Gasteiger partial charge in [0.2, 0.25) is 0 Å². The van der Waals surface area contributed by atoms with E-state index in [4.69, 9.17) is 21.1 Å². The monoisotopic (exact) mass is 540 g/mol. The number of hydrogen-bond donors (Lipinski definition) is 2. The third-order valence-corrected chi connectivity index (χ3v) is 7.73. The molecule has 0 saturated carbocycles. The van der Waals surface area contributed by atoms with Crippen LogP contribution in [0.1, 0.15) is 63.4 Å². The highest BCUT2D eigenvalue weighted by molar-refractivity contribution is 7.17. The number of carbonyl (C=O) groups excluding carboxylic acids is 3. The maximum atomic E-state index is 13.0. The number of fused-ring (bicyclic) bond motifs is 1. The summed E-state index contributed by atoms with van der Waals surface area (Å²) >= 11 is 7.57. The topological polar surface area (TPSA) is 93.7 Å². The quantitative estimate of drug-likeness (QED) is 0.321. The fraction of sp³-hybridized carbons (Fsp3) is 0.321. The van der Waals surface area contributed by atoms with Crippen LogP contribution in [0.25, 0.3) is 0 Å². The molecular formula is C28H29ClN2O5S. The molecular weight excluding hydrogens is 512 g/mol. The van der Waals surface area contributed by atoms with Gasteiger partial charge in [0.15, 0.2) is 6.10 Å². The molecule has 2 amide bonds. The van der Waals surface area contributed by atoms with Crippen molar-refractivity contribution in [2.75, 3.05) is 17.2 Å². The van der Waals surface area contributed by atoms with Crippen molar-refractivity contribution in [3.05, 3.63) is 74.6 Å². The number of thiophene rings is 1. The Morgan fingerprint density at radius 3 is 2.49 bits per heavy atom. The molecule has 1 atom stereocenters. The average Bonchev–Trinajstić information content (AvgIpc) is 3.24. The number of benzene rings is 2. The van der Waals surface area contributed by atoms with Crippen molar-refractivity contribution in [1.82, 2.24) is 0 Å². The zero-order valence-electron chi connectivity index (χ0n) is 21.0. The van der Waals surface area contributed by atoms with Crippen LogP contribution in [0.15, 0.2) is 42.5 Å². The second-order valence-electron chi connectivity index (χ2n) is 8.83. The first-order valence-electron chi connectivity index (χ1n) is 12.2. The average molecular weight is 541 g/mol. The van der Waals surface area contributed by atoms with E-state index >= 15 is 0 Å². The van der Waals surface area contributed by atoms with Crippen LogP contribution in [-0.4, -0.2) is 30.5 Å². The van der Waals surface area contributed by atoms with Crippen molar-refractivity contribution in [2.24, 2.45) is 0 Å². The number of ether oxygens (including phenoxy) is 2. The molecule has 4 rings (SSSR count). The number of rotatable bonds is 8. The van der Waals surface area contributed by atoms with Crippen LogP contribution in [0, 0.1) is 6.92 Å². The molecule has 1 aliphatic carbocycles. The second-order valence-corrected chi connectivity index (χ2v) is 10.3. The molecule has 1 aromatic heterocycles. The van der Waals surface area contributed by atoms with E-state index in [0.29, 0.717) is 32.6 Å². The fourth-order valence-electron chi connectivity index (χ4n) is 4.11. The summed E-state index contributed by atoms with van der Waals surface area (Å²) in [5, 5.41) is 6.77. The number of anilines is 2. The molecule has 7 nitrogen and oxygen atoms in total. The van der Waals surface area contributed by atoms with Gasteiger partial charge in [-0.3, -0.25) is 9.59 Å². The van der Waals surface area contributed by atoms with Crippen molar-refractivity contribution in [2.45, 2.75) is 52.6 Å². The third kappa shape index (κ3) is 6.32. The maximum absolute atomic E-state index is 13.0. The molecule has 1 aliphatic rings. The Morgan fingerprint density at radius 1 is 1.05 bits per heavy atom. The van der Waals surface area contributed by atoms with Crippen molar-refractivity contribution in [1.29, 1.82) is 0 Å². The fourth-order valence-corrected chi connectivity index (χ4v) is 5.56. The van der Waals surface area contributed by atoms with E-state index in [1.807, 2.05) is 13.0 Å². The molecule has 3 aromatic rings. The van der Waals surface area contributed by atoms with E-state index in [1.54, 1.807) is 50.2 Å². The minimum Gasteiger partial charge on any atom is -0.481 e. The number of halogens is 1. The van der Waals surface area contributed by atoms with Gasteiger partial charge in [-0.1, -0.05) is 17.7 Å². The Morgan fingerprint density at radius 2 is 1.78 bits per heavy atom. The number of esters is 1. The Bertz CT molecular complexity index is 1320. The Labute approximate surface area is 225 Å². The summed E-state index contributed by atoms with van der Waals surface area (Å²) in [6.45, 7) is 5.56. The molecule has 0 bridgehead atoms. The normalized spacial score (nSPS) is 13.3. The van der Waals surface area contributed by atoms with E-state index in [0.717, 1.165) is 41.7 Å². The van der Waals surface area contributed by atoms with Crippen molar-refractivity contribution in [3.63, 3.8) is 0 Å². The molecule has 194 valence electrons. The number of amides is 2. The number of aryl methyl sites for hydroxylation is 2. The summed E-state index contributed by atoms with van der Waals surface area (Å²) in [7, 11) is 0. The van der Waals surface area contributed by atoms with Gasteiger partial charge in [-0.25, -0.2) is 4.79 Å². The predicted molar refractivity (Wildman–Crippen MR) is 146 cm³/mol. The lowest BCUT2D eigenvalue weighted by Crippen LogP contribution is -2.30. The van der Waals surface area contributed by atoms with E-state index in [-0.39, 0.29) is 18.4 Å². The molecule has 1 heterocycles. The Kier molecular flexibility index (Phi) is 8.51. The van der Waals surface area contributed by atoms with Gasteiger partial charge in [0, 0.05) is 21.2 Å². The summed E-state index contributed by atoms with van der Waals surface area (Å²) in [6.07, 6.45) is 3.02. The van der Waals surface area contributed by atoms with Crippen molar-refractivity contribution in [3.8, 4) is 5.75 Å². The molecule has 37 heavy (non-hydrogen) atoms. The van der Waals surface area contributed by atoms with E-state index in [2.05, 4.69) is 10.6 Å². The van der Waals surface area contributed by atoms with Crippen LogP contribution < -0.4 is 15.4 Å². The number of carbonyl (C=O) groups is 3. The van der Waals surface area contributed by atoms with Crippen LogP contribution >= 0.6 is 22.9 Å². The van der Waals surface area contributed by atoms with Crippen molar-refractivity contribution < 1.29 is 23.9 Å². The lowest BCUT2D eigenvalue weighted by atomic mass is 9.95. The van der Waals surface area contributed by atoms with Gasteiger partial charge < -0.3 is 20.1 Å². The smallest absolute Gasteiger partial charge is 0.341 e. The minimum atomic E-state index is -0.774. The lowest BCUT2D eigenvalue weighted by molar-refractivity contribution is -0.122. The van der Waals surface area contributed by atoms with Gasteiger partial charge in [-0.15, -0.1) is 11.3 Å². The SMILES string of the molecule is CCOC(=O)c1c(NC(=O)c2ccc(O[C@@H](C)C(=O)Nc3ccc(C)c(Cl)c3)cc2)sc2c1CCCC2. The van der Waals surface area contributed by atoms with Crippen LogP contribution in [0.2, 0.25) is 5.02 Å². The molecule has 0 radical (unpaired) electrons. The van der Waals surface area contributed by atoms with Crippen LogP contribution in [-0.2, 0) is 22.4 Å². The zero-order valence-corrected chi connectivity index (χ0v) is 22.6. The number of hydrogen-bond acceptors (Lipinski definition) is 6. The molecule has 2 N–H and O–H groups in total. The van der Waals surface area contributed by atoms with E-state index in [1.165, 1.54) is 11.3 Å². The summed E-state index contributed by atoms with van der Waals surface area (Å²) < 4.78 is 11.0. The third-order valence-electron chi connectivity index (χ3n) is 6.12.